The van der Waals surface area contributed by atoms with Crippen LogP contribution in [0.4, 0.5) is 0 Å². The van der Waals surface area contributed by atoms with Crippen molar-refractivity contribution in [2.75, 3.05) is 21.3 Å². The van der Waals surface area contributed by atoms with Crippen LogP contribution in [0.1, 0.15) is 18.4 Å². The Bertz CT molecular complexity index is 859. The number of hydrogen-bond acceptors (Lipinski definition) is 7. The third-order valence-electron chi connectivity index (χ3n) is 4.52. The lowest BCUT2D eigenvalue weighted by Gasteiger charge is -2.21. The third kappa shape index (κ3) is 4.25. The highest BCUT2D eigenvalue weighted by Crippen LogP contribution is 2.28. The molecule has 0 aliphatic rings. The van der Waals surface area contributed by atoms with Crippen molar-refractivity contribution < 1.29 is 33.7 Å². The summed E-state index contributed by atoms with van der Waals surface area (Å²) in [4.78, 5) is 36.5. The molecule has 0 aliphatic carbocycles. The predicted molar refractivity (Wildman–Crippen MR) is 97.5 cm³/mol. The molecule has 0 fully saturated rings. The van der Waals surface area contributed by atoms with E-state index in [1.807, 2.05) is 24.3 Å². The second kappa shape index (κ2) is 8.64. The second-order valence-corrected chi connectivity index (χ2v) is 6.07. The molecule has 0 spiro atoms. The van der Waals surface area contributed by atoms with Crippen LogP contribution in [0.3, 0.4) is 0 Å². The van der Waals surface area contributed by atoms with E-state index >= 15 is 0 Å². The van der Waals surface area contributed by atoms with E-state index in [9.17, 15) is 19.5 Å². The highest BCUT2D eigenvalue weighted by atomic mass is 16.5. The Morgan fingerprint density at radius 1 is 0.889 bits per heavy atom. The molecule has 0 heterocycles. The van der Waals surface area contributed by atoms with Gasteiger partial charge in [0.05, 0.1) is 21.3 Å². The number of aliphatic hydroxyl groups excluding tert-OH is 1. The van der Waals surface area contributed by atoms with E-state index in [4.69, 9.17) is 4.74 Å². The van der Waals surface area contributed by atoms with Gasteiger partial charge in [-0.05, 0) is 28.5 Å². The van der Waals surface area contributed by atoms with Gasteiger partial charge in [-0.15, -0.1) is 0 Å². The zero-order valence-corrected chi connectivity index (χ0v) is 15.6. The number of hydrogen-bond donors (Lipinski definition) is 1. The normalized spacial score (nSPS) is 14.1. The van der Waals surface area contributed by atoms with Gasteiger partial charge in [-0.25, -0.2) is 4.79 Å². The number of carbonyl (C=O) groups is 3. The van der Waals surface area contributed by atoms with Gasteiger partial charge < -0.3 is 19.3 Å². The number of Topliss-reactive ketones (excluding diaryl/α,β-unsaturated/α-hetero) is 1. The van der Waals surface area contributed by atoms with Crippen LogP contribution in [0.5, 0.6) is 5.75 Å². The maximum absolute atomic E-state index is 12.9. The molecule has 2 unspecified atom stereocenters. The summed E-state index contributed by atoms with van der Waals surface area (Å²) in [6.45, 7) is 1.60. The highest BCUT2D eigenvalue weighted by molar-refractivity contribution is 6.06. The summed E-state index contributed by atoms with van der Waals surface area (Å²) < 4.78 is 14.2. The van der Waals surface area contributed by atoms with E-state index in [1.165, 1.54) is 0 Å². The number of rotatable bonds is 7. The summed E-state index contributed by atoms with van der Waals surface area (Å²) in [6.07, 6.45) is -1.93. The lowest BCUT2D eigenvalue weighted by molar-refractivity contribution is -0.166. The zero-order valence-electron chi connectivity index (χ0n) is 15.6. The van der Waals surface area contributed by atoms with Gasteiger partial charge in [0.1, 0.15) is 5.75 Å². The SMILES string of the molecule is COC(=O)C(O)C(C(=O)OC)C(=O)[C@H](C)c1ccc2cc(OC)ccc2c1. The molecule has 0 aromatic heterocycles. The first-order valence-corrected chi connectivity index (χ1v) is 8.29. The smallest absolute Gasteiger partial charge is 0.336 e. The van der Waals surface area contributed by atoms with E-state index < -0.39 is 35.7 Å². The van der Waals surface area contributed by atoms with Gasteiger partial charge in [0, 0.05) is 5.92 Å². The van der Waals surface area contributed by atoms with E-state index in [2.05, 4.69) is 9.47 Å². The van der Waals surface area contributed by atoms with Crippen molar-refractivity contribution in [2.45, 2.75) is 18.9 Å². The maximum atomic E-state index is 12.9. The second-order valence-electron chi connectivity index (χ2n) is 6.07. The first-order valence-electron chi connectivity index (χ1n) is 8.29. The molecule has 7 nitrogen and oxygen atoms in total. The maximum Gasteiger partial charge on any atom is 0.336 e. The van der Waals surface area contributed by atoms with Gasteiger partial charge in [0.25, 0.3) is 0 Å². The summed E-state index contributed by atoms with van der Waals surface area (Å²) in [5.41, 5.74) is 0.642. The molecular formula is C20H22O7. The standard InChI is InChI=1S/C20H22O7/c1-11(17(21)16(19(23)26-3)18(22)20(24)27-4)12-5-6-14-10-15(25-2)8-7-13(14)9-12/h5-11,16,18,22H,1-4H3/t11-,16?,18?/m1/s1. The fourth-order valence-corrected chi connectivity index (χ4v) is 2.86. The molecular weight excluding hydrogens is 352 g/mol. The number of carbonyl (C=O) groups excluding carboxylic acids is 3. The monoisotopic (exact) mass is 374 g/mol. The Labute approximate surface area is 156 Å². The van der Waals surface area contributed by atoms with Crippen molar-refractivity contribution in [3.05, 3.63) is 42.0 Å². The van der Waals surface area contributed by atoms with Crippen molar-refractivity contribution in [1.82, 2.24) is 0 Å². The van der Waals surface area contributed by atoms with Crippen molar-refractivity contribution in [3.8, 4) is 5.75 Å². The molecule has 0 radical (unpaired) electrons. The largest absolute Gasteiger partial charge is 0.497 e. The van der Waals surface area contributed by atoms with Gasteiger partial charge in [-0.2, -0.15) is 0 Å². The van der Waals surface area contributed by atoms with Crippen LogP contribution in [0.25, 0.3) is 10.8 Å². The van der Waals surface area contributed by atoms with Crippen LogP contribution in [0, 0.1) is 5.92 Å². The summed E-state index contributed by atoms with van der Waals surface area (Å²) in [5, 5.41) is 11.9. The Morgan fingerprint density at radius 3 is 2.07 bits per heavy atom. The minimum absolute atomic E-state index is 0.632. The number of methoxy groups -OCH3 is 3. The number of ketones is 1. The number of esters is 2. The molecule has 0 saturated carbocycles. The zero-order chi connectivity index (χ0) is 20.1. The molecule has 7 heteroatoms. The molecule has 27 heavy (non-hydrogen) atoms. The number of benzene rings is 2. The van der Waals surface area contributed by atoms with Gasteiger partial charge in [0.15, 0.2) is 17.8 Å². The molecule has 144 valence electrons. The summed E-state index contributed by atoms with van der Waals surface area (Å²) >= 11 is 0. The van der Waals surface area contributed by atoms with Crippen molar-refractivity contribution in [2.24, 2.45) is 5.92 Å². The average Bonchev–Trinajstić information content (AvgIpc) is 2.71. The lowest BCUT2D eigenvalue weighted by Crippen LogP contribution is -2.43. The fraction of sp³-hybridized carbons (Fsp3) is 0.350. The molecule has 2 aromatic rings. The van der Waals surface area contributed by atoms with Crippen molar-refractivity contribution in [1.29, 1.82) is 0 Å². The molecule has 3 atom stereocenters. The number of ether oxygens (including phenoxy) is 3. The molecule has 0 aliphatic heterocycles. The Balaban J connectivity index is 2.36. The van der Waals surface area contributed by atoms with Gasteiger partial charge in [-0.1, -0.05) is 31.2 Å². The fourth-order valence-electron chi connectivity index (χ4n) is 2.86. The first kappa shape index (κ1) is 20.4. The van der Waals surface area contributed by atoms with Crippen LogP contribution in [-0.2, 0) is 23.9 Å². The summed E-state index contributed by atoms with van der Waals surface area (Å²) in [5.74, 6) is -4.39. The number of fused-ring (bicyclic) bond motifs is 1. The quantitative estimate of drug-likeness (QED) is 0.583. The average molecular weight is 374 g/mol. The van der Waals surface area contributed by atoms with E-state index in [0.717, 1.165) is 25.0 Å². The van der Waals surface area contributed by atoms with Crippen LogP contribution >= 0.6 is 0 Å². The Kier molecular flexibility index (Phi) is 6.52. The minimum atomic E-state index is -1.93. The van der Waals surface area contributed by atoms with Gasteiger partial charge >= 0.3 is 11.9 Å². The highest BCUT2D eigenvalue weighted by Gasteiger charge is 2.41. The number of aliphatic hydroxyl groups is 1. The molecule has 0 amide bonds. The van der Waals surface area contributed by atoms with E-state index in [1.54, 1.807) is 26.2 Å². The molecule has 2 aromatic carbocycles. The first-order chi connectivity index (χ1) is 12.8. The molecule has 0 bridgehead atoms. The van der Waals surface area contributed by atoms with Crippen LogP contribution < -0.4 is 4.74 Å². The van der Waals surface area contributed by atoms with Gasteiger partial charge in [-0.3, -0.25) is 9.59 Å². The Hall–Kier alpha value is -2.93. The van der Waals surface area contributed by atoms with Crippen LogP contribution in [0.15, 0.2) is 36.4 Å². The van der Waals surface area contributed by atoms with E-state index in [-0.39, 0.29) is 0 Å². The summed E-state index contributed by atoms with van der Waals surface area (Å²) in [6, 6.07) is 10.9. The minimum Gasteiger partial charge on any atom is -0.497 e. The molecule has 2 rings (SSSR count). The molecule has 1 N–H and O–H groups in total. The predicted octanol–water partition coefficient (Wildman–Crippen LogP) is 1.84. The summed E-state index contributed by atoms with van der Waals surface area (Å²) in [7, 11) is 3.72. The third-order valence-corrected chi connectivity index (χ3v) is 4.52. The van der Waals surface area contributed by atoms with Gasteiger partial charge in [0.2, 0.25) is 0 Å². The lowest BCUT2D eigenvalue weighted by atomic mass is 9.85. The Morgan fingerprint density at radius 2 is 1.48 bits per heavy atom. The molecule has 0 saturated heterocycles. The van der Waals surface area contributed by atoms with Crippen LogP contribution in [-0.4, -0.2) is 50.3 Å². The van der Waals surface area contributed by atoms with Crippen LogP contribution in [0.2, 0.25) is 0 Å². The van der Waals surface area contributed by atoms with E-state index in [0.29, 0.717) is 11.3 Å². The van der Waals surface area contributed by atoms with Crippen molar-refractivity contribution in [3.63, 3.8) is 0 Å². The topological polar surface area (TPSA) is 99.1 Å². The van der Waals surface area contributed by atoms with Crippen molar-refractivity contribution >= 4 is 28.5 Å².